The lowest BCUT2D eigenvalue weighted by Crippen LogP contribution is -2.30. The Morgan fingerprint density at radius 1 is 1.03 bits per heavy atom. The summed E-state index contributed by atoms with van der Waals surface area (Å²) in [6.45, 7) is 3.92. The molecular formula is C27H35F2N5O3. The number of aromatic nitrogens is 4. The van der Waals surface area contributed by atoms with Crippen molar-refractivity contribution in [1.82, 2.24) is 19.5 Å². The molecule has 0 bridgehead atoms. The van der Waals surface area contributed by atoms with E-state index >= 15 is 0 Å². The van der Waals surface area contributed by atoms with Crippen LogP contribution in [0.3, 0.4) is 0 Å². The first-order valence-corrected chi connectivity index (χ1v) is 13.3. The normalized spacial score (nSPS) is 22.5. The smallest absolute Gasteiger partial charge is 0.296 e. The van der Waals surface area contributed by atoms with Crippen molar-refractivity contribution in [3.8, 4) is 5.82 Å². The van der Waals surface area contributed by atoms with Crippen molar-refractivity contribution in [1.29, 1.82) is 0 Å². The quantitative estimate of drug-likeness (QED) is 0.345. The number of alkyl halides is 2. The molecule has 8 nitrogen and oxygen atoms in total. The molecule has 200 valence electrons. The Bertz CT molecular complexity index is 1160. The van der Waals surface area contributed by atoms with E-state index in [2.05, 4.69) is 20.3 Å². The molecule has 3 heterocycles. The third kappa shape index (κ3) is 6.61. The monoisotopic (exact) mass is 515 g/mol. The second-order valence-corrected chi connectivity index (χ2v) is 9.76. The predicted molar refractivity (Wildman–Crippen MR) is 136 cm³/mol. The molecular weight excluding hydrogens is 480 g/mol. The average Bonchev–Trinajstić information content (AvgIpc) is 3.30. The number of halogens is 2. The van der Waals surface area contributed by atoms with E-state index in [0.29, 0.717) is 41.7 Å². The van der Waals surface area contributed by atoms with Gasteiger partial charge in [-0.15, -0.1) is 0 Å². The highest BCUT2D eigenvalue weighted by atomic mass is 19.3. The Morgan fingerprint density at radius 2 is 1.84 bits per heavy atom. The molecule has 2 aliphatic rings. The van der Waals surface area contributed by atoms with Crippen LogP contribution in [0.5, 0.6) is 0 Å². The summed E-state index contributed by atoms with van der Waals surface area (Å²) in [5.74, 6) is 1.21. The molecule has 1 aliphatic carbocycles. The molecule has 1 aromatic carbocycles. The van der Waals surface area contributed by atoms with Crippen LogP contribution in [-0.2, 0) is 14.2 Å². The molecule has 5 rings (SSSR count). The van der Waals surface area contributed by atoms with Gasteiger partial charge in [0.05, 0.1) is 23.7 Å². The molecule has 2 aromatic heterocycles. The van der Waals surface area contributed by atoms with Crippen LogP contribution in [0.25, 0.3) is 16.9 Å². The summed E-state index contributed by atoms with van der Waals surface area (Å²) in [5.41, 5.74) is 1.10. The minimum Gasteiger partial charge on any atom is -0.378 e. The summed E-state index contributed by atoms with van der Waals surface area (Å²) >= 11 is 0. The van der Waals surface area contributed by atoms with E-state index in [1.807, 2.05) is 6.07 Å². The first-order chi connectivity index (χ1) is 18.1. The number of rotatable bonds is 10. The number of para-hydroxylation sites is 2. The number of aryl methyl sites for hydroxylation is 1. The molecule has 0 radical (unpaired) electrons. The lowest BCUT2D eigenvalue weighted by atomic mass is 9.93. The van der Waals surface area contributed by atoms with Crippen molar-refractivity contribution in [3.05, 3.63) is 42.0 Å². The Morgan fingerprint density at radius 3 is 2.62 bits per heavy atom. The van der Waals surface area contributed by atoms with Gasteiger partial charge in [-0.05, 0) is 70.4 Å². The standard InChI is InChI=1S/C27H35F2N5O3/c1-18-30-23(17-24(31-18)34-22-8-3-2-7-21(22)33-27(34)26(28)29)32-19-10-12-20(13-11-19)35-15-6-16-37-25-9-4-5-14-36-25/h2-3,7-8,17,19-20,25-26H,4-6,9-16H2,1H3,(H,30,31,32). The van der Waals surface area contributed by atoms with Gasteiger partial charge in [-0.3, -0.25) is 4.57 Å². The third-order valence-corrected chi connectivity index (χ3v) is 6.95. The fourth-order valence-corrected chi connectivity index (χ4v) is 5.12. The number of benzene rings is 1. The Hall–Kier alpha value is -2.69. The van der Waals surface area contributed by atoms with Crippen molar-refractivity contribution in [2.45, 2.75) is 83.2 Å². The third-order valence-electron chi connectivity index (χ3n) is 6.95. The van der Waals surface area contributed by atoms with Crippen LogP contribution >= 0.6 is 0 Å². The number of imidazole rings is 1. The molecule has 2 fully saturated rings. The molecule has 1 N–H and O–H groups in total. The summed E-state index contributed by atoms with van der Waals surface area (Å²) in [6.07, 6.45) is 5.45. The molecule has 37 heavy (non-hydrogen) atoms. The van der Waals surface area contributed by atoms with E-state index in [-0.39, 0.29) is 24.3 Å². The summed E-state index contributed by atoms with van der Waals surface area (Å²) in [5, 5.41) is 3.49. The number of hydrogen-bond acceptors (Lipinski definition) is 7. The second kappa shape index (κ2) is 12.2. The maximum atomic E-state index is 13.8. The minimum atomic E-state index is -2.72. The van der Waals surface area contributed by atoms with Crippen molar-refractivity contribution in [2.24, 2.45) is 0 Å². The number of anilines is 1. The lowest BCUT2D eigenvalue weighted by Gasteiger charge is -2.29. The van der Waals surface area contributed by atoms with E-state index < -0.39 is 6.43 Å². The number of nitrogens with one attached hydrogen (secondary N) is 1. The molecule has 1 saturated carbocycles. The molecule has 1 aliphatic heterocycles. The average molecular weight is 516 g/mol. The van der Waals surface area contributed by atoms with Crippen LogP contribution in [0, 0.1) is 6.92 Å². The van der Waals surface area contributed by atoms with Gasteiger partial charge in [-0.1, -0.05) is 12.1 Å². The molecule has 3 aromatic rings. The van der Waals surface area contributed by atoms with Crippen LogP contribution in [0.2, 0.25) is 0 Å². The largest absolute Gasteiger partial charge is 0.378 e. The number of nitrogens with zero attached hydrogens (tertiary/aromatic N) is 4. The van der Waals surface area contributed by atoms with Crippen LogP contribution in [-0.4, -0.2) is 57.8 Å². The zero-order chi connectivity index (χ0) is 25.6. The highest BCUT2D eigenvalue weighted by molar-refractivity contribution is 5.78. The fraction of sp³-hybridized carbons (Fsp3) is 0.593. The Labute approximate surface area is 215 Å². The van der Waals surface area contributed by atoms with Gasteiger partial charge >= 0.3 is 0 Å². The number of hydrogen-bond donors (Lipinski definition) is 1. The Balaban J connectivity index is 1.14. The lowest BCUT2D eigenvalue weighted by molar-refractivity contribution is -0.164. The summed E-state index contributed by atoms with van der Waals surface area (Å²) in [7, 11) is 0. The van der Waals surface area contributed by atoms with Gasteiger partial charge in [0.15, 0.2) is 12.1 Å². The van der Waals surface area contributed by atoms with Crippen LogP contribution in [0.15, 0.2) is 30.3 Å². The van der Waals surface area contributed by atoms with Gasteiger partial charge < -0.3 is 19.5 Å². The van der Waals surface area contributed by atoms with Gasteiger partial charge in [0.25, 0.3) is 6.43 Å². The molecule has 1 unspecified atom stereocenters. The summed E-state index contributed by atoms with van der Waals surface area (Å²) < 4.78 is 46.5. The number of ether oxygens (including phenoxy) is 3. The van der Waals surface area contributed by atoms with Crippen LogP contribution < -0.4 is 5.32 Å². The van der Waals surface area contributed by atoms with Crippen molar-refractivity contribution in [2.75, 3.05) is 25.1 Å². The van der Waals surface area contributed by atoms with Crippen molar-refractivity contribution in [3.63, 3.8) is 0 Å². The van der Waals surface area contributed by atoms with Gasteiger partial charge in [0, 0.05) is 25.3 Å². The molecule has 0 amide bonds. The maximum Gasteiger partial charge on any atom is 0.296 e. The van der Waals surface area contributed by atoms with Gasteiger partial charge in [-0.25, -0.2) is 23.7 Å². The minimum absolute atomic E-state index is 0.0457. The molecule has 1 saturated heterocycles. The van der Waals surface area contributed by atoms with E-state index in [4.69, 9.17) is 14.2 Å². The summed E-state index contributed by atoms with van der Waals surface area (Å²) in [6, 6.07) is 9.06. The highest BCUT2D eigenvalue weighted by Gasteiger charge is 2.24. The van der Waals surface area contributed by atoms with Crippen LogP contribution in [0.4, 0.5) is 14.6 Å². The molecule has 10 heteroatoms. The zero-order valence-electron chi connectivity index (χ0n) is 21.2. The SMILES string of the molecule is Cc1nc(NC2CCC(OCCCOC3CCCCO3)CC2)cc(-n2c(C(F)F)nc3ccccc32)n1. The van der Waals surface area contributed by atoms with E-state index in [1.165, 1.54) is 11.0 Å². The number of fused-ring (bicyclic) bond motifs is 1. The topological polar surface area (TPSA) is 83.3 Å². The molecule has 1 atom stereocenters. The summed E-state index contributed by atoms with van der Waals surface area (Å²) in [4.78, 5) is 13.1. The predicted octanol–water partition coefficient (Wildman–Crippen LogP) is 5.73. The molecule has 0 spiro atoms. The van der Waals surface area contributed by atoms with E-state index in [1.54, 1.807) is 31.2 Å². The van der Waals surface area contributed by atoms with E-state index in [9.17, 15) is 8.78 Å². The highest BCUT2D eigenvalue weighted by Crippen LogP contribution is 2.29. The Kier molecular flexibility index (Phi) is 8.58. The van der Waals surface area contributed by atoms with Gasteiger partial charge in [0.1, 0.15) is 17.5 Å². The van der Waals surface area contributed by atoms with Gasteiger partial charge in [-0.2, -0.15) is 0 Å². The first-order valence-electron chi connectivity index (χ1n) is 13.3. The van der Waals surface area contributed by atoms with Crippen molar-refractivity contribution < 1.29 is 23.0 Å². The first kappa shape index (κ1) is 25.9. The fourth-order valence-electron chi connectivity index (χ4n) is 5.12. The van der Waals surface area contributed by atoms with E-state index in [0.717, 1.165) is 51.6 Å². The van der Waals surface area contributed by atoms with Crippen molar-refractivity contribution >= 4 is 16.9 Å². The second-order valence-electron chi connectivity index (χ2n) is 9.76. The zero-order valence-corrected chi connectivity index (χ0v) is 21.2. The maximum absolute atomic E-state index is 13.8. The van der Waals surface area contributed by atoms with Gasteiger partial charge in [0.2, 0.25) is 0 Å². The van der Waals surface area contributed by atoms with Crippen LogP contribution in [0.1, 0.15) is 69.4 Å².